The van der Waals surface area contributed by atoms with Crippen LogP contribution >= 0.6 is 12.2 Å². The summed E-state index contributed by atoms with van der Waals surface area (Å²) in [6.07, 6.45) is 5.11. The summed E-state index contributed by atoms with van der Waals surface area (Å²) in [5.41, 5.74) is 2.43. The standard InChI is InChI=1S/C19H29N3O2S/c1-3-24-18(23)16-8-9-17(15(2)14-16)21-19(25)20-10-7-13-22-11-5-4-6-12-22/h8-9,14H,3-7,10-13H2,1-2H3,(H2,20,21,25). The van der Waals surface area contributed by atoms with Gasteiger partial charge in [-0.15, -0.1) is 0 Å². The number of carbonyl (C=O) groups excluding carboxylic acids is 1. The molecule has 2 rings (SSSR count). The number of nitrogens with one attached hydrogen (secondary N) is 2. The van der Waals surface area contributed by atoms with Crippen LogP contribution in [-0.2, 0) is 4.74 Å². The van der Waals surface area contributed by atoms with Crippen molar-refractivity contribution in [2.24, 2.45) is 0 Å². The summed E-state index contributed by atoms with van der Waals surface area (Å²) in [6.45, 7) is 8.58. The lowest BCUT2D eigenvalue weighted by Crippen LogP contribution is -2.34. The fourth-order valence-corrected chi connectivity index (χ4v) is 3.21. The molecule has 0 aliphatic carbocycles. The fraction of sp³-hybridized carbons (Fsp3) is 0.579. The third-order valence-electron chi connectivity index (χ3n) is 4.37. The van der Waals surface area contributed by atoms with Gasteiger partial charge in [-0.1, -0.05) is 6.42 Å². The third kappa shape index (κ3) is 6.63. The lowest BCUT2D eigenvalue weighted by Gasteiger charge is -2.26. The van der Waals surface area contributed by atoms with Gasteiger partial charge in [-0.3, -0.25) is 0 Å². The van der Waals surface area contributed by atoms with Crippen LogP contribution in [0.3, 0.4) is 0 Å². The van der Waals surface area contributed by atoms with E-state index in [2.05, 4.69) is 15.5 Å². The SMILES string of the molecule is CCOC(=O)c1ccc(NC(=S)NCCCN2CCCCC2)c(C)c1. The summed E-state index contributed by atoms with van der Waals surface area (Å²) in [5, 5.41) is 7.08. The van der Waals surface area contributed by atoms with E-state index < -0.39 is 0 Å². The van der Waals surface area contributed by atoms with Gasteiger partial charge in [-0.25, -0.2) is 4.79 Å². The van der Waals surface area contributed by atoms with Crippen molar-refractivity contribution in [2.45, 2.75) is 39.5 Å². The molecule has 1 saturated heterocycles. The molecule has 0 bridgehead atoms. The van der Waals surface area contributed by atoms with Crippen molar-refractivity contribution >= 4 is 29.0 Å². The molecule has 0 radical (unpaired) electrons. The van der Waals surface area contributed by atoms with Crippen molar-refractivity contribution in [2.75, 3.05) is 38.1 Å². The summed E-state index contributed by atoms with van der Waals surface area (Å²) >= 11 is 5.36. The van der Waals surface area contributed by atoms with E-state index in [1.165, 1.54) is 32.4 Å². The minimum absolute atomic E-state index is 0.296. The van der Waals surface area contributed by atoms with Crippen molar-refractivity contribution in [3.8, 4) is 0 Å². The molecular weight excluding hydrogens is 334 g/mol. The minimum Gasteiger partial charge on any atom is -0.462 e. The Labute approximate surface area is 156 Å². The zero-order valence-corrected chi connectivity index (χ0v) is 16.1. The van der Waals surface area contributed by atoms with Gasteiger partial charge in [0.15, 0.2) is 5.11 Å². The van der Waals surface area contributed by atoms with E-state index in [1.54, 1.807) is 13.0 Å². The number of likely N-dealkylation sites (tertiary alicyclic amines) is 1. The van der Waals surface area contributed by atoms with Crippen LogP contribution in [0.5, 0.6) is 0 Å². The Hall–Kier alpha value is -1.66. The highest BCUT2D eigenvalue weighted by molar-refractivity contribution is 7.80. The van der Waals surface area contributed by atoms with Crippen LogP contribution in [0.4, 0.5) is 5.69 Å². The summed E-state index contributed by atoms with van der Waals surface area (Å²) in [4.78, 5) is 14.3. The number of aryl methyl sites for hydroxylation is 1. The van der Waals surface area contributed by atoms with Crippen molar-refractivity contribution < 1.29 is 9.53 Å². The molecule has 1 aliphatic rings. The highest BCUT2D eigenvalue weighted by Gasteiger charge is 2.10. The van der Waals surface area contributed by atoms with Crippen molar-refractivity contribution in [1.29, 1.82) is 0 Å². The molecule has 0 saturated carbocycles. The topological polar surface area (TPSA) is 53.6 Å². The monoisotopic (exact) mass is 363 g/mol. The lowest BCUT2D eigenvalue weighted by atomic mass is 10.1. The van der Waals surface area contributed by atoms with Crippen LogP contribution < -0.4 is 10.6 Å². The van der Waals surface area contributed by atoms with E-state index in [-0.39, 0.29) is 5.97 Å². The summed E-state index contributed by atoms with van der Waals surface area (Å²) in [5.74, 6) is -0.296. The van der Waals surface area contributed by atoms with Crippen LogP contribution in [0.1, 0.15) is 48.5 Å². The van der Waals surface area contributed by atoms with Gasteiger partial charge < -0.3 is 20.3 Å². The number of anilines is 1. The first-order chi connectivity index (χ1) is 12.1. The smallest absolute Gasteiger partial charge is 0.338 e. The predicted octanol–water partition coefficient (Wildman–Crippen LogP) is 3.33. The Morgan fingerprint density at radius 3 is 2.72 bits per heavy atom. The Kier molecular flexibility index (Phi) is 8.15. The first-order valence-electron chi connectivity index (χ1n) is 9.15. The minimum atomic E-state index is -0.296. The van der Waals surface area contributed by atoms with Crippen LogP contribution in [0, 0.1) is 6.92 Å². The largest absolute Gasteiger partial charge is 0.462 e. The van der Waals surface area contributed by atoms with E-state index in [4.69, 9.17) is 17.0 Å². The second-order valence-corrected chi connectivity index (χ2v) is 6.80. The van der Waals surface area contributed by atoms with E-state index in [1.807, 2.05) is 19.1 Å². The van der Waals surface area contributed by atoms with Gasteiger partial charge in [-0.2, -0.15) is 0 Å². The maximum Gasteiger partial charge on any atom is 0.338 e. The molecule has 0 atom stereocenters. The van der Waals surface area contributed by atoms with Gasteiger partial charge >= 0.3 is 5.97 Å². The number of rotatable bonds is 7. The van der Waals surface area contributed by atoms with Gasteiger partial charge in [0, 0.05) is 12.2 Å². The molecule has 0 unspecified atom stereocenters. The van der Waals surface area contributed by atoms with Gasteiger partial charge in [0.25, 0.3) is 0 Å². The Bertz CT molecular complexity index is 586. The Morgan fingerprint density at radius 1 is 1.28 bits per heavy atom. The number of piperidine rings is 1. The quantitative estimate of drug-likeness (QED) is 0.440. The van der Waals surface area contributed by atoms with Gasteiger partial charge in [-0.05, 0) is 88.7 Å². The van der Waals surface area contributed by atoms with Crippen LogP contribution in [0.25, 0.3) is 0 Å². The average Bonchev–Trinajstić information content (AvgIpc) is 2.61. The molecule has 1 fully saturated rings. The summed E-state index contributed by atoms with van der Waals surface area (Å²) < 4.78 is 5.02. The molecule has 1 aliphatic heterocycles. The van der Waals surface area contributed by atoms with E-state index >= 15 is 0 Å². The zero-order valence-electron chi connectivity index (χ0n) is 15.3. The molecule has 0 aromatic heterocycles. The molecule has 2 N–H and O–H groups in total. The third-order valence-corrected chi connectivity index (χ3v) is 4.62. The van der Waals surface area contributed by atoms with Gasteiger partial charge in [0.05, 0.1) is 12.2 Å². The lowest BCUT2D eigenvalue weighted by molar-refractivity contribution is 0.0526. The molecule has 1 aromatic rings. The van der Waals surface area contributed by atoms with Crippen LogP contribution in [0.2, 0.25) is 0 Å². The molecule has 5 nitrogen and oxygen atoms in total. The van der Waals surface area contributed by atoms with Gasteiger partial charge in [0.2, 0.25) is 0 Å². The molecule has 25 heavy (non-hydrogen) atoms. The maximum absolute atomic E-state index is 11.8. The maximum atomic E-state index is 11.8. The number of ether oxygens (including phenoxy) is 1. The number of thiocarbonyl (C=S) groups is 1. The Balaban J connectivity index is 1.73. The predicted molar refractivity (Wildman–Crippen MR) is 106 cm³/mol. The number of nitrogens with zero attached hydrogens (tertiary/aromatic N) is 1. The molecule has 6 heteroatoms. The van der Waals surface area contributed by atoms with Crippen molar-refractivity contribution in [1.82, 2.24) is 10.2 Å². The first-order valence-corrected chi connectivity index (χ1v) is 9.56. The molecule has 0 spiro atoms. The highest BCUT2D eigenvalue weighted by atomic mass is 32.1. The zero-order chi connectivity index (χ0) is 18.1. The van der Waals surface area contributed by atoms with E-state index in [0.717, 1.165) is 30.8 Å². The van der Waals surface area contributed by atoms with E-state index in [0.29, 0.717) is 17.3 Å². The number of hydrogen-bond donors (Lipinski definition) is 2. The summed E-state index contributed by atoms with van der Waals surface area (Å²) in [7, 11) is 0. The number of carbonyl (C=O) groups is 1. The Morgan fingerprint density at radius 2 is 2.04 bits per heavy atom. The average molecular weight is 364 g/mol. The van der Waals surface area contributed by atoms with Crippen LogP contribution in [-0.4, -0.2) is 48.8 Å². The number of hydrogen-bond acceptors (Lipinski definition) is 4. The van der Waals surface area contributed by atoms with Crippen molar-refractivity contribution in [3.05, 3.63) is 29.3 Å². The first kappa shape index (κ1) is 19.7. The highest BCUT2D eigenvalue weighted by Crippen LogP contribution is 2.17. The molecule has 138 valence electrons. The van der Waals surface area contributed by atoms with Gasteiger partial charge in [0.1, 0.15) is 0 Å². The number of esters is 1. The normalized spacial score (nSPS) is 14.8. The second-order valence-electron chi connectivity index (χ2n) is 6.39. The second kappa shape index (κ2) is 10.4. The fourth-order valence-electron chi connectivity index (χ4n) is 3.00. The molecule has 0 amide bonds. The molecule has 1 aromatic carbocycles. The molecular formula is C19H29N3O2S. The van der Waals surface area contributed by atoms with Crippen LogP contribution in [0.15, 0.2) is 18.2 Å². The van der Waals surface area contributed by atoms with Crippen molar-refractivity contribution in [3.63, 3.8) is 0 Å². The van der Waals surface area contributed by atoms with E-state index in [9.17, 15) is 4.79 Å². The molecule has 1 heterocycles. The number of benzene rings is 1. The summed E-state index contributed by atoms with van der Waals surface area (Å²) in [6, 6.07) is 5.44.